The maximum absolute atomic E-state index is 5.07. The summed E-state index contributed by atoms with van der Waals surface area (Å²) in [4.78, 5) is 11.3. The fourth-order valence-corrected chi connectivity index (χ4v) is 18.1. The lowest BCUT2D eigenvalue weighted by Gasteiger charge is -2.26. The van der Waals surface area contributed by atoms with Crippen molar-refractivity contribution in [3.63, 3.8) is 0 Å². The van der Waals surface area contributed by atoms with E-state index in [-0.39, 0.29) is 0 Å². The highest BCUT2D eigenvalue weighted by atomic mass is 32.1. The maximum Gasteiger partial charge on any atom is 0.138 e. The molecule has 0 fully saturated rings. The first-order valence-corrected chi connectivity index (χ1v) is 24.9. The molecule has 0 spiro atoms. The van der Waals surface area contributed by atoms with Crippen molar-refractivity contribution in [1.82, 2.24) is 0 Å². The Balaban J connectivity index is 1.12. The van der Waals surface area contributed by atoms with Crippen molar-refractivity contribution in [2.24, 2.45) is 0 Å². The maximum atomic E-state index is 5.07. The van der Waals surface area contributed by atoms with Gasteiger partial charge in [-0.2, -0.15) is 25.3 Å². The topological polar surface area (TPSA) is 0 Å². The molecule has 4 aromatic heterocycles. The van der Waals surface area contributed by atoms with Crippen LogP contribution in [0.5, 0.6) is 0 Å². The molecule has 5 heterocycles. The van der Waals surface area contributed by atoms with Crippen LogP contribution in [0.3, 0.4) is 0 Å². The number of hydrogen-bond donors (Lipinski definition) is 2. The van der Waals surface area contributed by atoms with E-state index >= 15 is 0 Å². The van der Waals surface area contributed by atoms with Gasteiger partial charge in [-0.3, -0.25) is 0 Å². The predicted octanol–water partition coefficient (Wildman–Crippen LogP) is 13.3. The van der Waals surface area contributed by atoms with Gasteiger partial charge in [0, 0.05) is 39.0 Å². The first-order chi connectivity index (χ1) is 24.1. The standard InChI is InChI=1S/C42H46S6Si/c1-3-5-7-9-11-31-15-19-37(45-31)39-23-21-35(47-39)29-13-17-33-34-18-14-30(26-42(34)49(27-43,28-44)41(33)25-29)36-22-24-40(48-36)38-20-16-32(46-38)12-10-8-6-4-2/h13-26,43-44H,3-12,27-28H2,1-2H3. The van der Waals surface area contributed by atoms with E-state index in [2.05, 4.69) is 98.8 Å². The van der Waals surface area contributed by atoms with Crippen molar-refractivity contribution in [2.45, 2.75) is 78.1 Å². The number of benzene rings is 2. The van der Waals surface area contributed by atoms with Crippen LogP contribution in [0.25, 0.3) is 51.5 Å². The summed E-state index contributed by atoms with van der Waals surface area (Å²) in [6.07, 6.45) is 13.0. The monoisotopic (exact) mass is 770 g/mol. The van der Waals surface area contributed by atoms with Crippen molar-refractivity contribution >= 4 is 89.1 Å². The van der Waals surface area contributed by atoms with E-state index in [1.54, 1.807) is 0 Å². The van der Waals surface area contributed by atoms with Crippen LogP contribution >= 0.6 is 70.6 Å². The summed E-state index contributed by atoms with van der Waals surface area (Å²) < 4.78 is 0. The zero-order valence-corrected chi connectivity index (χ0v) is 34.7. The Bertz CT molecular complexity index is 1860. The number of fused-ring (bicyclic) bond motifs is 3. The minimum atomic E-state index is -2.15. The zero-order valence-electron chi connectivity index (χ0n) is 28.6. The van der Waals surface area contributed by atoms with Crippen LogP contribution in [-0.4, -0.2) is 18.8 Å². The zero-order chi connectivity index (χ0) is 33.8. The smallest absolute Gasteiger partial charge is 0.138 e. The van der Waals surface area contributed by atoms with E-state index < -0.39 is 8.07 Å². The molecule has 49 heavy (non-hydrogen) atoms. The highest BCUT2D eigenvalue weighted by Crippen LogP contribution is 2.42. The molecule has 2 aromatic carbocycles. The van der Waals surface area contributed by atoms with E-state index in [0.717, 1.165) is 10.8 Å². The summed E-state index contributed by atoms with van der Waals surface area (Å²) in [5.74, 6) is 0. The number of thiophene rings is 4. The van der Waals surface area contributed by atoms with E-state index in [1.165, 1.54) is 136 Å². The third-order valence-electron chi connectivity index (χ3n) is 10.0. The van der Waals surface area contributed by atoms with Crippen LogP contribution in [-0.2, 0) is 12.8 Å². The lowest BCUT2D eigenvalue weighted by molar-refractivity contribution is 0.670. The van der Waals surface area contributed by atoms with Crippen LogP contribution in [0.4, 0.5) is 0 Å². The third-order valence-corrected chi connectivity index (χ3v) is 22.2. The minimum Gasteiger partial charge on any atom is -0.182 e. The molecular weight excluding hydrogens is 725 g/mol. The molecular formula is C42H46S6Si. The molecule has 0 unspecified atom stereocenters. The second-order valence-corrected chi connectivity index (χ2v) is 23.7. The Morgan fingerprint density at radius 2 is 0.857 bits per heavy atom. The van der Waals surface area contributed by atoms with Gasteiger partial charge in [0.1, 0.15) is 8.07 Å². The number of hydrogen-bond acceptors (Lipinski definition) is 6. The summed E-state index contributed by atoms with van der Waals surface area (Å²) in [7, 11) is -2.15. The quantitative estimate of drug-likeness (QED) is 0.0547. The lowest BCUT2D eigenvalue weighted by Crippen LogP contribution is -2.60. The van der Waals surface area contributed by atoms with Crippen molar-refractivity contribution in [3.8, 4) is 51.5 Å². The molecule has 7 rings (SSSR count). The molecule has 0 atom stereocenters. The van der Waals surface area contributed by atoms with Crippen molar-refractivity contribution in [1.29, 1.82) is 0 Å². The Hall–Kier alpha value is -1.84. The Morgan fingerprint density at radius 1 is 0.449 bits per heavy atom. The third kappa shape index (κ3) is 7.42. The van der Waals surface area contributed by atoms with Crippen LogP contribution in [0.15, 0.2) is 84.9 Å². The molecule has 0 N–H and O–H groups in total. The largest absolute Gasteiger partial charge is 0.182 e. The van der Waals surface area contributed by atoms with E-state index in [0.29, 0.717) is 0 Å². The molecule has 1 aliphatic heterocycles. The predicted molar refractivity (Wildman–Crippen MR) is 234 cm³/mol. The number of rotatable bonds is 16. The molecule has 254 valence electrons. The molecule has 6 aromatic rings. The molecule has 0 bridgehead atoms. The van der Waals surface area contributed by atoms with Crippen LogP contribution < -0.4 is 10.4 Å². The molecule has 0 amide bonds. The summed E-state index contributed by atoms with van der Waals surface area (Å²) in [5.41, 5.74) is 5.42. The lowest BCUT2D eigenvalue weighted by atomic mass is 10.0. The number of aryl methyl sites for hydroxylation is 2. The van der Waals surface area contributed by atoms with Crippen LogP contribution in [0, 0.1) is 0 Å². The van der Waals surface area contributed by atoms with Gasteiger partial charge in [0.05, 0.1) is 0 Å². The van der Waals surface area contributed by atoms with Crippen molar-refractivity contribution in [2.75, 3.05) is 10.8 Å². The molecule has 0 nitrogen and oxygen atoms in total. The van der Waals surface area contributed by atoms with Gasteiger partial charge in [0.25, 0.3) is 0 Å². The second-order valence-electron chi connectivity index (χ2n) is 13.4. The summed E-state index contributed by atoms with van der Waals surface area (Å²) in [6.45, 7) is 4.56. The Labute approximate surface area is 321 Å². The summed E-state index contributed by atoms with van der Waals surface area (Å²) in [6, 6.07) is 33.1. The first-order valence-electron chi connectivity index (χ1n) is 18.0. The summed E-state index contributed by atoms with van der Waals surface area (Å²) >= 11 is 18.0. The highest BCUT2D eigenvalue weighted by Gasteiger charge is 2.44. The van der Waals surface area contributed by atoms with E-state index in [1.807, 2.05) is 45.3 Å². The highest BCUT2D eigenvalue weighted by molar-refractivity contribution is 7.86. The molecule has 7 heteroatoms. The van der Waals surface area contributed by atoms with Gasteiger partial charge in [-0.05, 0) is 118 Å². The molecule has 1 aliphatic rings. The van der Waals surface area contributed by atoms with Gasteiger partial charge >= 0.3 is 0 Å². The fraction of sp³-hybridized carbons (Fsp3) is 0.333. The van der Waals surface area contributed by atoms with Gasteiger partial charge < -0.3 is 0 Å². The average Bonchev–Trinajstić information content (AvgIpc) is 3.97. The van der Waals surface area contributed by atoms with Crippen molar-refractivity contribution < 1.29 is 0 Å². The summed E-state index contributed by atoms with van der Waals surface area (Å²) in [5, 5.41) is 4.72. The van der Waals surface area contributed by atoms with E-state index in [4.69, 9.17) is 25.3 Å². The molecule has 0 aliphatic carbocycles. The normalized spacial score (nSPS) is 13.2. The SMILES string of the molecule is CCCCCCc1ccc(-c2ccc(-c3ccc4c(c3)[Si](CS)(CS)c3cc(-c5ccc(-c6ccc(CCCCCC)s6)s5)ccc3-4)s2)s1. The molecule has 0 saturated heterocycles. The van der Waals surface area contributed by atoms with Gasteiger partial charge in [-0.1, -0.05) is 88.8 Å². The van der Waals surface area contributed by atoms with Crippen LogP contribution in [0.2, 0.25) is 0 Å². The number of thiol groups is 2. The second kappa shape index (κ2) is 16.2. The minimum absolute atomic E-state index is 0.862. The Kier molecular flexibility index (Phi) is 11.8. The van der Waals surface area contributed by atoms with Crippen molar-refractivity contribution in [3.05, 3.63) is 94.7 Å². The van der Waals surface area contributed by atoms with E-state index in [9.17, 15) is 0 Å². The van der Waals surface area contributed by atoms with Gasteiger partial charge in [-0.15, -0.1) is 45.3 Å². The first kappa shape index (κ1) is 35.6. The van der Waals surface area contributed by atoms with Gasteiger partial charge in [0.2, 0.25) is 0 Å². The van der Waals surface area contributed by atoms with Crippen LogP contribution in [0.1, 0.15) is 75.0 Å². The Morgan fingerprint density at radius 3 is 1.29 bits per heavy atom. The molecule has 0 saturated carbocycles. The van der Waals surface area contributed by atoms with Gasteiger partial charge in [0.15, 0.2) is 0 Å². The molecule has 0 radical (unpaired) electrons. The average molecular weight is 771 g/mol. The van der Waals surface area contributed by atoms with Gasteiger partial charge in [-0.25, -0.2) is 0 Å². The fourth-order valence-electron chi connectivity index (χ4n) is 7.18. The number of unbranched alkanes of at least 4 members (excludes halogenated alkanes) is 6.